The molecule has 0 bridgehead atoms. The Morgan fingerprint density at radius 2 is 1.85 bits per heavy atom. The van der Waals surface area contributed by atoms with Gasteiger partial charge in [0.15, 0.2) is 0 Å². The van der Waals surface area contributed by atoms with E-state index < -0.39 is 5.54 Å². The van der Waals surface area contributed by atoms with Crippen molar-refractivity contribution < 1.29 is 9.59 Å². The number of carbonyl (C=O) groups excluding carboxylic acids is 2. The molecule has 1 aliphatic rings. The molecule has 1 fully saturated rings. The van der Waals surface area contributed by atoms with Crippen molar-refractivity contribution in [3.63, 3.8) is 0 Å². The summed E-state index contributed by atoms with van der Waals surface area (Å²) < 4.78 is 0. The fourth-order valence-electron chi connectivity index (χ4n) is 3.00. The van der Waals surface area contributed by atoms with Gasteiger partial charge in [0.05, 0.1) is 0 Å². The summed E-state index contributed by atoms with van der Waals surface area (Å²) in [4.78, 5) is 27.0. The Hall–Kier alpha value is -1.06. The van der Waals surface area contributed by atoms with Crippen molar-refractivity contribution in [1.82, 2.24) is 10.2 Å². The minimum absolute atomic E-state index is 0.00681. The molecular weight excluding hydrogens is 252 g/mol. The minimum Gasteiger partial charge on any atom is -0.340 e. The normalized spacial score (nSPS) is 28.8. The summed E-state index contributed by atoms with van der Waals surface area (Å²) in [6.45, 7) is 12.8. The van der Waals surface area contributed by atoms with E-state index in [-0.39, 0.29) is 23.8 Å². The van der Waals surface area contributed by atoms with Gasteiger partial charge in [-0.05, 0) is 31.6 Å². The van der Waals surface area contributed by atoms with E-state index >= 15 is 0 Å². The number of piperazine rings is 1. The van der Waals surface area contributed by atoms with E-state index in [4.69, 9.17) is 0 Å². The number of nitrogens with one attached hydrogen (secondary N) is 1. The number of nitrogens with zero attached hydrogens (tertiary/aromatic N) is 1. The SMILES string of the molecule is CCCC(C)CN1C(=O)C(C)(CC)NC(=O)C1C(C)C. The van der Waals surface area contributed by atoms with Crippen molar-refractivity contribution in [3.05, 3.63) is 0 Å². The van der Waals surface area contributed by atoms with Crippen LogP contribution in [0, 0.1) is 11.8 Å². The van der Waals surface area contributed by atoms with E-state index in [0.717, 1.165) is 12.8 Å². The summed E-state index contributed by atoms with van der Waals surface area (Å²) >= 11 is 0. The highest BCUT2D eigenvalue weighted by molar-refractivity contribution is 5.99. The molecule has 0 aromatic rings. The van der Waals surface area contributed by atoms with Crippen LogP contribution in [0.4, 0.5) is 0 Å². The average Bonchev–Trinajstić information content (AvgIpc) is 2.35. The van der Waals surface area contributed by atoms with Crippen molar-refractivity contribution in [3.8, 4) is 0 Å². The molecular formula is C16H30N2O2. The van der Waals surface area contributed by atoms with Crippen LogP contribution in [0.3, 0.4) is 0 Å². The van der Waals surface area contributed by atoms with Crippen LogP contribution >= 0.6 is 0 Å². The number of amides is 2. The topological polar surface area (TPSA) is 49.4 Å². The fraction of sp³-hybridized carbons (Fsp3) is 0.875. The molecule has 0 radical (unpaired) electrons. The number of rotatable bonds is 6. The second-order valence-corrected chi connectivity index (χ2v) is 6.72. The van der Waals surface area contributed by atoms with Gasteiger partial charge < -0.3 is 10.2 Å². The molecule has 1 heterocycles. The Labute approximate surface area is 123 Å². The summed E-state index contributed by atoms with van der Waals surface area (Å²) in [7, 11) is 0. The first-order valence-electron chi connectivity index (χ1n) is 7.89. The third-order valence-corrected chi connectivity index (χ3v) is 4.36. The Morgan fingerprint density at radius 3 is 2.30 bits per heavy atom. The Kier molecular flexibility index (Phi) is 5.60. The molecule has 116 valence electrons. The van der Waals surface area contributed by atoms with Gasteiger partial charge >= 0.3 is 0 Å². The fourth-order valence-corrected chi connectivity index (χ4v) is 3.00. The van der Waals surface area contributed by atoms with Gasteiger partial charge in [-0.15, -0.1) is 0 Å². The standard InChI is InChI=1S/C16H30N2O2/c1-7-9-12(5)10-18-13(11(3)4)14(19)17-16(6,8-2)15(18)20/h11-13H,7-10H2,1-6H3,(H,17,19). The molecule has 1 N–H and O–H groups in total. The van der Waals surface area contributed by atoms with Crippen molar-refractivity contribution in [2.24, 2.45) is 11.8 Å². The summed E-state index contributed by atoms with van der Waals surface area (Å²) in [5.41, 5.74) is -0.742. The van der Waals surface area contributed by atoms with Crippen molar-refractivity contribution in [1.29, 1.82) is 0 Å². The molecule has 2 amide bonds. The van der Waals surface area contributed by atoms with Crippen LogP contribution in [-0.2, 0) is 9.59 Å². The van der Waals surface area contributed by atoms with Crippen LogP contribution < -0.4 is 5.32 Å². The zero-order valence-electron chi connectivity index (χ0n) is 13.8. The third-order valence-electron chi connectivity index (χ3n) is 4.36. The van der Waals surface area contributed by atoms with Crippen molar-refractivity contribution in [2.75, 3.05) is 6.54 Å². The van der Waals surface area contributed by atoms with Gasteiger partial charge in [0.25, 0.3) is 0 Å². The lowest BCUT2D eigenvalue weighted by atomic mass is 9.87. The maximum Gasteiger partial charge on any atom is 0.248 e. The van der Waals surface area contributed by atoms with Gasteiger partial charge in [-0.2, -0.15) is 0 Å². The smallest absolute Gasteiger partial charge is 0.248 e. The Bertz CT molecular complexity index is 367. The minimum atomic E-state index is -0.742. The molecule has 4 heteroatoms. The molecule has 0 aliphatic carbocycles. The van der Waals surface area contributed by atoms with E-state index in [1.165, 1.54) is 0 Å². The van der Waals surface area contributed by atoms with Crippen LogP contribution in [0.5, 0.6) is 0 Å². The van der Waals surface area contributed by atoms with Crippen molar-refractivity contribution >= 4 is 11.8 Å². The van der Waals surface area contributed by atoms with Gasteiger partial charge in [-0.25, -0.2) is 0 Å². The van der Waals surface area contributed by atoms with Crippen LogP contribution in [0.2, 0.25) is 0 Å². The summed E-state index contributed by atoms with van der Waals surface area (Å²) in [6, 6.07) is -0.332. The largest absolute Gasteiger partial charge is 0.340 e. The van der Waals surface area contributed by atoms with Crippen LogP contribution in [0.25, 0.3) is 0 Å². The Balaban J connectivity index is 3.02. The quantitative estimate of drug-likeness (QED) is 0.814. The van der Waals surface area contributed by atoms with E-state index in [2.05, 4.69) is 19.2 Å². The summed E-state index contributed by atoms with van der Waals surface area (Å²) in [5.74, 6) is 0.625. The first-order chi connectivity index (χ1) is 9.26. The summed E-state index contributed by atoms with van der Waals surface area (Å²) in [5, 5.41) is 2.93. The molecule has 20 heavy (non-hydrogen) atoms. The zero-order chi connectivity index (χ0) is 15.5. The second-order valence-electron chi connectivity index (χ2n) is 6.72. The van der Waals surface area contributed by atoms with Gasteiger partial charge in [-0.1, -0.05) is 41.0 Å². The molecule has 0 saturated carbocycles. The van der Waals surface area contributed by atoms with Gasteiger partial charge in [-0.3, -0.25) is 9.59 Å². The van der Waals surface area contributed by atoms with E-state index in [9.17, 15) is 9.59 Å². The van der Waals surface area contributed by atoms with Crippen LogP contribution in [0.1, 0.15) is 60.8 Å². The van der Waals surface area contributed by atoms with Gasteiger partial charge in [0, 0.05) is 6.54 Å². The lowest BCUT2D eigenvalue weighted by molar-refractivity contribution is -0.157. The second kappa shape index (κ2) is 6.59. The molecule has 0 aromatic carbocycles. The highest BCUT2D eigenvalue weighted by atomic mass is 16.2. The molecule has 1 aliphatic heterocycles. The van der Waals surface area contributed by atoms with Crippen LogP contribution in [0.15, 0.2) is 0 Å². The number of hydrogen-bond donors (Lipinski definition) is 1. The Morgan fingerprint density at radius 1 is 1.25 bits per heavy atom. The maximum absolute atomic E-state index is 12.8. The molecule has 3 atom stereocenters. The monoisotopic (exact) mass is 282 g/mol. The van der Waals surface area contributed by atoms with E-state index in [1.54, 1.807) is 0 Å². The van der Waals surface area contributed by atoms with Gasteiger partial charge in [0.1, 0.15) is 11.6 Å². The first kappa shape index (κ1) is 17.0. The molecule has 4 nitrogen and oxygen atoms in total. The molecule has 3 unspecified atom stereocenters. The number of carbonyl (C=O) groups is 2. The van der Waals surface area contributed by atoms with Gasteiger partial charge in [0.2, 0.25) is 11.8 Å². The predicted molar refractivity (Wildman–Crippen MR) is 81.2 cm³/mol. The van der Waals surface area contributed by atoms with E-state index in [0.29, 0.717) is 18.9 Å². The lowest BCUT2D eigenvalue weighted by Crippen LogP contribution is -2.70. The van der Waals surface area contributed by atoms with Crippen LogP contribution in [-0.4, -0.2) is 34.8 Å². The zero-order valence-corrected chi connectivity index (χ0v) is 13.8. The predicted octanol–water partition coefficient (Wildman–Crippen LogP) is 2.57. The highest BCUT2D eigenvalue weighted by Gasteiger charge is 2.47. The molecule has 1 rings (SSSR count). The highest BCUT2D eigenvalue weighted by Crippen LogP contribution is 2.26. The molecule has 0 aromatic heterocycles. The number of hydrogen-bond acceptors (Lipinski definition) is 2. The van der Waals surface area contributed by atoms with Crippen molar-refractivity contribution in [2.45, 2.75) is 72.4 Å². The van der Waals surface area contributed by atoms with E-state index in [1.807, 2.05) is 32.6 Å². The first-order valence-corrected chi connectivity index (χ1v) is 7.89. The average molecular weight is 282 g/mol. The summed E-state index contributed by atoms with van der Waals surface area (Å²) in [6.07, 6.45) is 2.81. The maximum atomic E-state index is 12.8. The third kappa shape index (κ3) is 3.33. The molecule has 0 spiro atoms. The molecule has 1 saturated heterocycles. The lowest BCUT2D eigenvalue weighted by Gasteiger charge is -2.46.